The first-order valence-corrected chi connectivity index (χ1v) is 8.56. The maximum absolute atomic E-state index is 12.6. The van der Waals surface area contributed by atoms with Gasteiger partial charge in [-0.2, -0.15) is 5.10 Å². The Balaban J connectivity index is 2.03. The summed E-state index contributed by atoms with van der Waals surface area (Å²) in [5.41, 5.74) is 2.70. The van der Waals surface area contributed by atoms with Crippen LogP contribution in [0.1, 0.15) is 20.8 Å². The van der Waals surface area contributed by atoms with Crippen LogP contribution < -0.4 is 0 Å². The van der Waals surface area contributed by atoms with Crippen LogP contribution in [0.3, 0.4) is 0 Å². The number of hydrogen-bond donors (Lipinski definition) is 1. The van der Waals surface area contributed by atoms with E-state index in [4.69, 9.17) is 9.47 Å². The first kappa shape index (κ1) is 17.5. The number of H-pyrrole nitrogens is 1. The fourth-order valence-corrected chi connectivity index (χ4v) is 3.16. The second-order valence-corrected chi connectivity index (χ2v) is 6.08. The Bertz CT molecular complexity index is 1180. The highest BCUT2D eigenvalue weighted by Gasteiger charge is 2.31. The largest absolute Gasteiger partial charge is 0.465 e. The van der Waals surface area contributed by atoms with Crippen LogP contribution in [0.15, 0.2) is 60.8 Å². The van der Waals surface area contributed by atoms with Gasteiger partial charge in [0, 0.05) is 22.7 Å². The van der Waals surface area contributed by atoms with Crippen LogP contribution in [0, 0.1) is 0 Å². The van der Waals surface area contributed by atoms with Crippen LogP contribution in [-0.2, 0) is 9.47 Å². The third kappa shape index (κ3) is 2.83. The number of rotatable bonds is 4. The van der Waals surface area contributed by atoms with E-state index < -0.39 is 11.9 Å². The molecule has 0 radical (unpaired) electrons. The van der Waals surface area contributed by atoms with Crippen LogP contribution in [-0.4, -0.2) is 40.9 Å². The molecule has 0 atom stereocenters. The number of methoxy groups -OCH3 is 2. The highest BCUT2D eigenvalue weighted by molar-refractivity contribution is 6.07. The van der Waals surface area contributed by atoms with E-state index in [2.05, 4.69) is 10.1 Å². The molecule has 1 N–H and O–H groups in total. The number of fused-ring (bicyclic) bond motifs is 1. The number of carbonyl (C=O) groups is 2. The number of nitrogens with one attached hydrogen (secondary N) is 1. The molecule has 140 valence electrons. The Hall–Kier alpha value is -3.87. The number of hydrogen-bond acceptors (Lipinski definition) is 5. The number of aromatic nitrogens is 3. The van der Waals surface area contributed by atoms with Crippen LogP contribution >= 0.6 is 0 Å². The molecule has 0 aliphatic rings. The fourth-order valence-electron chi connectivity index (χ4n) is 3.16. The molecule has 2 aromatic heterocycles. The molecule has 0 fully saturated rings. The highest BCUT2D eigenvalue weighted by Crippen LogP contribution is 2.31. The summed E-state index contributed by atoms with van der Waals surface area (Å²) in [6, 6.07) is 16.6. The number of aromatic amines is 1. The third-order valence-electron chi connectivity index (χ3n) is 4.48. The first-order chi connectivity index (χ1) is 13.6. The van der Waals surface area contributed by atoms with E-state index in [1.807, 2.05) is 48.7 Å². The molecule has 4 aromatic rings. The summed E-state index contributed by atoms with van der Waals surface area (Å²) < 4.78 is 11.3. The summed E-state index contributed by atoms with van der Waals surface area (Å²) in [5, 5.41) is 5.55. The highest BCUT2D eigenvalue weighted by atomic mass is 16.5. The fraction of sp³-hybridized carbons (Fsp3) is 0.0952. The minimum absolute atomic E-state index is 0.0183. The van der Waals surface area contributed by atoms with Crippen LogP contribution in [0.4, 0.5) is 0 Å². The van der Waals surface area contributed by atoms with E-state index in [1.165, 1.54) is 18.9 Å². The number of esters is 2. The van der Waals surface area contributed by atoms with Gasteiger partial charge in [0.15, 0.2) is 5.69 Å². The SMILES string of the molecule is COC(=O)c1c(-c2ccc3[nH]ccc3c2)nn(-c2ccccc2)c1C(=O)OC. The van der Waals surface area contributed by atoms with Gasteiger partial charge in [-0.1, -0.05) is 24.3 Å². The van der Waals surface area contributed by atoms with E-state index in [1.54, 1.807) is 12.1 Å². The van der Waals surface area contributed by atoms with Gasteiger partial charge in [0.2, 0.25) is 0 Å². The summed E-state index contributed by atoms with van der Waals surface area (Å²) in [5.74, 6) is -1.34. The van der Waals surface area contributed by atoms with Crippen molar-refractivity contribution in [3.63, 3.8) is 0 Å². The Kier molecular flexibility index (Phi) is 4.41. The predicted octanol–water partition coefficient (Wildman–Crippen LogP) is 3.59. The minimum Gasteiger partial charge on any atom is -0.465 e. The maximum atomic E-state index is 12.6. The molecule has 0 saturated heterocycles. The van der Waals surface area contributed by atoms with Crippen molar-refractivity contribution in [2.45, 2.75) is 0 Å². The molecule has 0 amide bonds. The van der Waals surface area contributed by atoms with Crippen molar-refractivity contribution in [3.05, 3.63) is 72.1 Å². The Morgan fingerprint density at radius 2 is 1.71 bits per heavy atom. The molecule has 2 aromatic carbocycles. The van der Waals surface area contributed by atoms with Gasteiger partial charge in [0.25, 0.3) is 0 Å². The minimum atomic E-state index is -0.675. The molecule has 2 heterocycles. The Morgan fingerprint density at radius 1 is 0.964 bits per heavy atom. The number of nitrogens with zero attached hydrogens (tertiary/aromatic N) is 2. The molecule has 7 heteroatoms. The normalized spacial score (nSPS) is 10.8. The maximum Gasteiger partial charge on any atom is 0.357 e. The second-order valence-electron chi connectivity index (χ2n) is 6.08. The van der Waals surface area contributed by atoms with Gasteiger partial charge in [0.05, 0.1) is 19.9 Å². The second kappa shape index (κ2) is 7.03. The van der Waals surface area contributed by atoms with E-state index in [9.17, 15) is 9.59 Å². The lowest BCUT2D eigenvalue weighted by atomic mass is 10.0. The van der Waals surface area contributed by atoms with Gasteiger partial charge in [-0.25, -0.2) is 14.3 Å². The number of ether oxygens (including phenoxy) is 2. The number of para-hydroxylation sites is 1. The zero-order chi connectivity index (χ0) is 19.7. The topological polar surface area (TPSA) is 86.2 Å². The summed E-state index contributed by atoms with van der Waals surface area (Å²) in [6.07, 6.45) is 1.83. The standard InChI is InChI=1S/C21H17N3O4/c1-27-20(25)17-18(14-8-9-16-13(12-14)10-11-22-16)23-24(19(17)21(26)28-2)15-6-4-3-5-7-15/h3-12,22H,1-2H3. The third-order valence-corrected chi connectivity index (χ3v) is 4.48. The van der Waals surface area contributed by atoms with E-state index in [-0.39, 0.29) is 11.3 Å². The lowest BCUT2D eigenvalue weighted by Crippen LogP contribution is -2.15. The van der Waals surface area contributed by atoms with Crippen molar-refractivity contribution >= 4 is 22.8 Å². The van der Waals surface area contributed by atoms with Crippen molar-refractivity contribution in [1.82, 2.24) is 14.8 Å². The van der Waals surface area contributed by atoms with E-state index in [0.717, 1.165) is 10.9 Å². The number of benzene rings is 2. The van der Waals surface area contributed by atoms with Crippen molar-refractivity contribution in [2.24, 2.45) is 0 Å². The Labute approximate surface area is 160 Å². The van der Waals surface area contributed by atoms with Crippen molar-refractivity contribution < 1.29 is 19.1 Å². The molecular formula is C21H17N3O4. The molecule has 28 heavy (non-hydrogen) atoms. The predicted molar refractivity (Wildman–Crippen MR) is 104 cm³/mol. The average molecular weight is 375 g/mol. The van der Waals surface area contributed by atoms with Crippen molar-refractivity contribution in [2.75, 3.05) is 14.2 Å². The van der Waals surface area contributed by atoms with E-state index in [0.29, 0.717) is 16.9 Å². The lowest BCUT2D eigenvalue weighted by molar-refractivity contribution is 0.0549. The lowest BCUT2D eigenvalue weighted by Gasteiger charge is -2.07. The first-order valence-electron chi connectivity index (χ1n) is 8.56. The van der Waals surface area contributed by atoms with Crippen LogP contribution in [0.5, 0.6) is 0 Å². The van der Waals surface area contributed by atoms with Gasteiger partial charge < -0.3 is 14.5 Å². The van der Waals surface area contributed by atoms with Crippen LogP contribution in [0.2, 0.25) is 0 Å². The van der Waals surface area contributed by atoms with Crippen LogP contribution in [0.25, 0.3) is 27.8 Å². The van der Waals surface area contributed by atoms with Gasteiger partial charge in [-0.3, -0.25) is 0 Å². The molecule has 0 unspecified atom stereocenters. The Morgan fingerprint density at radius 3 is 2.43 bits per heavy atom. The zero-order valence-electron chi connectivity index (χ0n) is 15.3. The van der Waals surface area contributed by atoms with Crippen molar-refractivity contribution in [1.29, 1.82) is 0 Å². The summed E-state index contributed by atoms with van der Waals surface area (Å²) in [4.78, 5) is 28.3. The molecule has 4 rings (SSSR count). The summed E-state index contributed by atoms with van der Waals surface area (Å²) in [6.45, 7) is 0. The quantitative estimate of drug-likeness (QED) is 0.551. The van der Waals surface area contributed by atoms with E-state index >= 15 is 0 Å². The van der Waals surface area contributed by atoms with Gasteiger partial charge in [-0.15, -0.1) is 0 Å². The summed E-state index contributed by atoms with van der Waals surface area (Å²) in [7, 11) is 2.53. The molecule has 0 aliphatic heterocycles. The van der Waals surface area contributed by atoms with Gasteiger partial charge in [-0.05, 0) is 30.3 Å². The zero-order valence-corrected chi connectivity index (χ0v) is 15.3. The summed E-state index contributed by atoms with van der Waals surface area (Å²) >= 11 is 0. The number of carbonyl (C=O) groups excluding carboxylic acids is 2. The molecule has 0 spiro atoms. The van der Waals surface area contributed by atoms with Gasteiger partial charge >= 0.3 is 11.9 Å². The van der Waals surface area contributed by atoms with Gasteiger partial charge in [0.1, 0.15) is 11.3 Å². The monoisotopic (exact) mass is 375 g/mol. The molecule has 0 saturated carbocycles. The average Bonchev–Trinajstić information content (AvgIpc) is 3.37. The molecule has 0 bridgehead atoms. The smallest absolute Gasteiger partial charge is 0.357 e. The molecular weight excluding hydrogens is 358 g/mol. The van der Waals surface area contributed by atoms with Crippen molar-refractivity contribution in [3.8, 4) is 16.9 Å². The molecule has 7 nitrogen and oxygen atoms in total. The molecule has 0 aliphatic carbocycles.